The second-order valence-electron chi connectivity index (χ2n) is 5.47. The van der Waals surface area contributed by atoms with E-state index < -0.39 is 0 Å². The van der Waals surface area contributed by atoms with E-state index in [4.69, 9.17) is 4.84 Å². The van der Waals surface area contributed by atoms with Gasteiger partial charge >= 0.3 is 0 Å². The van der Waals surface area contributed by atoms with Crippen LogP contribution in [-0.4, -0.2) is 30.7 Å². The van der Waals surface area contributed by atoms with Crippen LogP contribution < -0.4 is 10.2 Å². The molecule has 0 bridgehead atoms. The summed E-state index contributed by atoms with van der Waals surface area (Å²) in [6.07, 6.45) is 1.93. The van der Waals surface area contributed by atoms with Crippen molar-refractivity contribution < 1.29 is 9.63 Å². The number of nitrogens with one attached hydrogen (secondary N) is 1. The second kappa shape index (κ2) is 6.48. The van der Waals surface area contributed by atoms with Crippen LogP contribution in [0.3, 0.4) is 0 Å². The Hall–Kier alpha value is -2.89. The van der Waals surface area contributed by atoms with E-state index in [1.54, 1.807) is 12.3 Å². The molecule has 0 saturated carbocycles. The van der Waals surface area contributed by atoms with Gasteiger partial charge < -0.3 is 15.1 Å². The molecule has 0 saturated heterocycles. The Bertz CT molecular complexity index is 728. The van der Waals surface area contributed by atoms with Crippen LogP contribution in [0.4, 0.5) is 11.5 Å². The van der Waals surface area contributed by atoms with Crippen molar-refractivity contribution in [1.29, 1.82) is 0 Å². The molecule has 0 radical (unpaired) electrons. The molecule has 118 valence electrons. The lowest BCUT2D eigenvalue weighted by Crippen LogP contribution is -2.24. The molecule has 1 aliphatic heterocycles. The van der Waals surface area contributed by atoms with Gasteiger partial charge in [-0.1, -0.05) is 35.5 Å². The predicted molar refractivity (Wildman–Crippen MR) is 89.5 cm³/mol. The molecule has 3 rings (SSSR count). The van der Waals surface area contributed by atoms with Crippen molar-refractivity contribution >= 4 is 23.1 Å². The van der Waals surface area contributed by atoms with Crippen molar-refractivity contribution in [3.05, 3.63) is 54.2 Å². The molecule has 0 aliphatic carbocycles. The minimum absolute atomic E-state index is 0.209. The molecule has 1 aromatic carbocycles. The summed E-state index contributed by atoms with van der Waals surface area (Å²) in [5.41, 5.74) is 2.04. The molecule has 6 nitrogen and oxygen atoms in total. The van der Waals surface area contributed by atoms with Gasteiger partial charge in [-0.05, 0) is 17.7 Å². The fraction of sp³-hybridized carbons (Fsp3) is 0.235. The fourth-order valence-electron chi connectivity index (χ4n) is 2.40. The van der Waals surface area contributed by atoms with Crippen LogP contribution in [0.15, 0.2) is 53.8 Å². The van der Waals surface area contributed by atoms with Gasteiger partial charge in [-0.15, -0.1) is 0 Å². The van der Waals surface area contributed by atoms with E-state index >= 15 is 0 Å². The zero-order chi connectivity index (χ0) is 16.2. The number of carbonyl (C=O) groups excluding carboxylic acids is 1. The highest BCUT2D eigenvalue weighted by molar-refractivity contribution is 6.43. The van der Waals surface area contributed by atoms with Crippen molar-refractivity contribution in [3.63, 3.8) is 0 Å². The Kier molecular flexibility index (Phi) is 4.23. The van der Waals surface area contributed by atoms with Crippen LogP contribution in [0.1, 0.15) is 18.1 Å². The first-order chi connectivity index (χ1) is 11.1. The fourth-order valence-corrected chi connectivity index (χ4v) is 2.40. The predicted octanol–water partition coefficient (Wildman–Crippen LogP) is 2.60. The molecule has 1 N–H and O–H groups in total. The molecule has 1 aromatic heterocycles. The summed E-state index contributed by atoms with van der Waals surface area (Å²) in [7, 11) is 3.75. The summed E-state index contributed by atoms with van der Waals surface area (Å²) in [6, 6.07) is 13.3. The maximum Gasteiger partial charge on any atom is 0.273 e. The zero-order valence-electron chi connectivity index (χ0n) is 13.1. The molecule has 2 heterocycles. The maximum atomic E-state index is 12.4. The van der Waals surface area contributed by atoms with Crippen LogP contribution in [-0.2, 0) is 9.63 Å². The molecule has 2 aromatic rings. The monoisotopic (exact) mass is 310 g/mol. The summed E-state index contributed by atoms with van der Waals surface area (Å²) in [5.74, 6) is 0.430. The van der Waals surface area contributed by atoms with Gasteiger partial charge in [0.1, 0.15) is 5.71 Å². The molecule has 0 fully saturated rings. The molecule has 0 spiro atoms. The topological polar surface area (TPSA) is 66.8 Å². The van der Waals surface area contributed by atoms with Gasteiger partial charge in [-0.2, -0.15) is 0 Å². The molecule has 6 heteroatoms. The van der Waals surface area contributed by atoms with E-state index in [2.05, 4.69) is 15.5 Å². The first-order valence-electron chi connectivity index (χ1n) is 7.36. The van der Waals surface area contributed by atoms with Gasteiger partial charge in [0.25, 0.3) is 5.91 Å². The number of amides is 1. The average Bonchev–Trinajstić information content (AvgIpc) is 3.06. The van der Waals surface area contributed by atoms with E-state index in [1.807, 2.05) is 55.4 Å². The standard InChI is InChI=1S/C17H18N4O2/c1-21(2)16-13(9-6-10-18-16)19-17(22)14-11-15(23-20-14)12-7-4-3-5-8-12/h3-10,15H,11H2,1-2H3,(H,19,22)/t15-/m0/s1. The highest BCUT2D eigenvalue weighted by Gasteiger charge is 2.27. The third kappa shape index (κ3) is 3.31. The first kappa shape index (κ1) is 15.0. The summed E-state index contributed by atoms with van der Waals surface area (Å²) in [4.78, 5) is 23.9. The van der Waals surface area contributed by atoms with E-state index in [0.717, 1.165) is 5.56 Å². The lowest BCUT2D eigenvalue weighted by Gasteiger charge is -2.16. The van der Waals surface area contributed by atoms with E-state index in [9.17, 15) is 4.79 Å². The minimum atomic E-state index is -0.264. The highest BCUT2D eigenvalue weighted by atomic mass is 16.6. The number of benzene rings is 1. The summed E-state index contributed by atoms with van der Waals surface area (Å²) >= 11 is 0. The second-order valence-corrected chi connectivity index (χ2v) is 5.47. The van der Waals surface area contributed by atoms with Crippen LogP contribution >= 0.6 is 0 Å². The molecule has 1 atom stereocenters. The van der Waals surface area contributed by atoms with Gasteiger partial charge in [-0.3, -0.25) is 4.79 Å². The van der Waals surface area contributed by atoms with Crippen molar-refractivity contribution in [2.75, 3.05) is 24.3 Å². The molecular formula is C17H18N4O2. The van der Waals surface area contributed by atoms with Crippen molar-refractivity contribution in [1.82, 2.24) is 4.98 Å². The van der Waals surface area contributed by atoms with Crippen LogP contribution in [0.2, 0.25) is 0 Å². The Morgan fingerprint density at radius 3 is 2.74 bits per heavy atom. The number of anilines is 2. The van der Waals surface area contributed by atoms with Crippen molar-refractivity contribution in [2.45, 2.75) is 12.5 Å². The molecule has 1 aliphatic rings. The number of oxime groups is 1. The summed E-state index contributed by atoms with van der Waals surface area (Å²) < 4.78 is 0. The van der Waals surface area contributed by atoms with Gasteiger partial charge in [0, 0.05) is 26.7 Å². The first-order valence-corrected chi connectivity index (χ1v) is 7.36. The van der Waals surface area contributed by atoms with E-state index in [-0.39, 0.29) is 12.0 Å². The number of carbonyl (C=O) groups is 1. The largest absolute Gasteiger partial charge is 0.387 e. The number of hydrogen-bond donors (Lipinski definition) is 1. The molecule has 23 heavy (non-hydrogen) atoms. The Morgan fingerprint density at radius 1 is 1.22 bits per heavy atom. The summed E-state index contributed by atoms with van der Waals surface area (Å²) in [6.45, 7) is 0. The molecule has 0 unspecified atom stereocenters. The Balaban J connectivity index is 1.69. The van der Waals surface area contributed by atoms with Crippen molar-refractivity contribution in [2.24, 2.45) is 5.16 Å². The number of nitrogens with zero attached hydrogens (tertiary/aromatic N) is 3. The van der Waals surface area contributed by atoms with E-state index in [0.29, 0.717) is 23.6 Å². The number of pyridine rings is 1. The van der Waals surface area contributed by atoms with Crippen LogP contribution in [0, 0.1) is 0 Å². The number of aromatic nitrogens is 1. The van der Waals surface area contributed by atoms with Crippen LogP contribution in [0.25, 0.3) is 0 Å². The third-order valence-electron chi connectivity index (χ3n) is 3.56. The van der Waals surface area contributed by atoms with Crippen LogP contribution in [0.5, 0.6) is 0 Å². The molecule has 1 amide bonds. The zero-order valence-corrected chi connectivity index (χ0v) is 13.1. The van der Waals surface area contributed by atoms with E-state index in [1.165, 1.54) is 0 Å². The lowest BCUT2D eigenvalue weighted by molar-refractivity contribution is -0.110. The molecular weight excluding hydrogens is 292 g/mol. The smallest absolute Gasteiger partial charge is 0.273 e. The minimum Gasteiger partial charge on any atom is -0.387 e. The maximum absolute atomic E-state index is 12.4. The third-order valence-corrected chi connectivity index (χ3v) is 3.56. The van der Waals surface area contributed by atoms with Crippen molar-refractivity contribution in [3.8, 4) is 0 Å². The lowest BCUT2D eigenvalue weighted by atomic mass is 10.0. The SMILES string of the molecule is CN(C)c1ncccc1NC(=O)C1=NO[C@H](c2ccccc2)C1. The highest BCUT2D eigenvalue weighted by Crippen LogP contribution is 2.28. The van der Waals surface area contributed by atoms with Gasteiger partial charge in [0.2, 0.25) is 0 Å². The Morgan fingerprint density at radius 2 is 2.00 bits per heavy atom. The summed E-state index contributed by atoms with van der Waals surface area (Å²) in [5, 5.41) is 6.79. The van der Waals surface area contributed by atoms with Gasteiger partial charge in [-0.25, -0.2) is 4.98 Å². The number of hydrogen-bond acceptors (Lipinski definition) is 5. The quantitative estimate of drug-likeness (QED) is 0.942. The number of rotatable bonds is 4. The average molecular weight is 310 g/mol. The Labute approximate surface area is 134 Å². The normalized spacial score (nSPS) is 16.4. The van der Waals surface area contributed by atoms with Gasteiger partial charge in [0.15, 0.2) is 11.9 Å². The van der Waals surface area contributed by atoms with Gasteiger partial charge in [0.05, 0.1) is 5.69 Å².